The molecule has 1 aliphatic rings. The molecule has 0 aliphatic heterocycles. The summed E-state index contributed by atoms with van der Waals surface area (Å²) in [6, 6.07) is 32.0. The van der Waals surface area contributed by atoms with Gasteiger partial charge < -0.3 is 0 Å². The van der Waals surface area contributed by atoms with E-state index in [0.29, 0.717) is 0 Å². The monoisotopic (exact) mass is 368 g/mol. The molecule has 1 nitrogen and oxygen atoms in total. The number of carbonyl (C=O) groups excluding carboxylic acids is 1. The van der Waals surface area contributed by atoms with Crippen LogP contribution in [0.15, 0.2) is 121 Å². The van der Waals surface area contributed by atoms with Crippen molar-refractivity contribution in [2.24, 2.45) is 0 Å². The van der Waals surface area contributed by atoms with Gasteiger partial charge in [-0.05, 0) is 0 Å². The van der Waals surface area contributed by atoms with Crippen LogP contribution in [0.25, 0.3) is 0 Å². The van der Waals surface area contributed by atoms with Gasteiger partial charge in [-0.3, -0.25) is 0 Å². The molecule has 1 unspecified atom stereocenters. The molecule has 0 saturated carbocycles. The molecular formula is C25H21OP. The molecule has 0 heterocycles. The minimum atomic E-state index is -2.54. The number of hydrogen-bond donors (Lipinski definition) is 0. The van der Waals surface area contributed by atoms with Crippen molar-refractivity contribution in [1.29, 1.82) is 0 Å². The summed E-state index contributed by atoms with van der Waals surface area (Å²) >= 11 is 0. The Balaban J connectivity index is 2.12. The Hall–Kier alpha value is -2.98. The third kappa shape index (κ3) is 3.02. The Morgan fingerprint density at radius 2 is 1.07 bits per heavy atom. The molecule has 27 heavy (non-hydrogen) atoms. The first-order valence-corrected chi connectivity index (χ1v) is 11.2. The van der Waals surface area contributed by atoms with Crippen molar-refractivity contribution in [1.82, 2.24) is 0 Å². The van der Waals surface area contributed by atoms with E-state index in [1.807, 2.05) is 30.4 Å². The van der Waals surface area contributed by atoms with Crippen LogP contribution in [-0.2, 0) is 4.79 Å². The molecule has 0 radical (unpaired) electrons. The predicted octanol–water partition coefficient (Wildman–Crippen LogP) is 3.97. The summed E-state index contributed by atoms with van der Waals surface area (Å²) < 4.78 is 0. The van der Waals surface area contributed by atoms with Crippen molar-refractivity contribution in [2.75, 3.05) is 0 Å². The second-order valence-electron chi connectivity index (χ2n) is 6.69. The summed E-state index contributed by atoms with van der Waals surface area (Å²) in [5.41, 5.74) is 0.716. The summed E-state index contributed by atoms with van der Waals surface area (Å²) in [5, 5.41) is 3.88. The van der Waals surface area contributed by atoms with Gasteiger partial charge >= 0.3 is 160 Å². The van der Waals surface area contributed by atoms with Crippen LogP contribution in [0.5, 0.6) is 0 Å². The summed E-state index contributed by atoms with van der Waals surface area (Å²) in [5.74, 6) is 2.23. The Morgan fingerprint density at radius 1 is 0.630 bits per heavy atom. The van der Waals surface area contributed by atoms with Crippen LogP contribution in [0.2, 0.25) is 0 Å². The van der Waals surface area contributed by atoms with Gasteiger partial charge in [0.2, 0.25) is 0 Å². The van der Waals surface area contributed by atoms with Crippen LogP contribution in [0.4, 0.5) is 0 Å². The molecule has 0 amide bonds. The normalized spacial score (nSPS) is 16.7. The Labute approximate surface area is 160 Å². The molecule has 1 atom stereocenters. The zero-order chi connectivity index (χ0) is 18.5. The number of hydrogen-bond acceptors (Lipinski definition) is 1. The maximum absolute atomic E-state index is 11.9. The summed E-state index contributed by atoms with van der Waals surface area (Å²) in [4.78, 5) is 11.9. The molecule has 3 aromatic carbocycles. The Bertz CT molecular complexity index is 917. The van der Waals surface area contributed by atoms with E-state index in [1.165, 1.54) is 15.9 Å². The minimum absolute atomic E-state index is 0.00722. The molecule has 3 aromatic rings. The Kier molecular flexibility index (Phi) is 4.99. The van der Waals surface area contributed by atoms with Crippen LogP contribution in [0, 0.1) is 0 Å². The molecule has 4 rings (SSSR count). The molecule has 0 saturated heterocycles. The van der Waals surface area contributed by atoms with Crippen molar-refractivity contribution in [3.8, 4) is 0 Å². The second kappa shape index (κ2) is 7.72. The van der Waals surface area contributed by atoms with Gasteiger partial charge in [-0.1, -0.05) is 0 Å². The summed E-state index contributed by atoms with van der Waals surface area (Å²) in [6.45, 7) is 0. The SMILES string of the molecule is O=C=C1C=CC=CC1[PH](c1ccccc1)(c1ccccc1)c1ccccc1. The fraction of sp³-hybridized carbons (Fsp3) is 0.0400. The molecular weight excluding hydrogens is 347 g/mol. The van der Waals surface area contributed by atoms with Gasteiger partial charge in [0.15, 0.2) is 0 Å². The number of benzene rings is 3. The van der Waals surface area contributed by atoms with Crippen molar-refractivity contribution < 1.29 is 4.79 Å². The van der Waals surface area contributed by atoms with E-state index in [2.05, 4.69) is 90.9 Å². The summed E-state index contributed by atoms with van der Waals surface area (Å²) in [7, 11) is -2.54. The first-order valence-electron chi connectivity index (χ1n) is 9.14. The van der Waals surface area contributed by atoms with Crippen molar-refractivity contribution in [2.45, 2.75) is 5.66 Å². The first-order chi connectivity index (χ1) is 13.4. The van der Waals surface area contributed by atoms with E-state index < -0.39 is 7.26 Å². The van der Waals surface area contributed by atoms with Crippen LogP contribution < -0.4 is 15.9 Å². The quantitative estimate of drug-likeness (QED) is 0.503. The first kappa shape index (κ1) is 17.4. The standard InChI is InChI=1S/C25H21OP/c26-20-21-12-10-11-19-25(21)27(22-13-4-1-5-14-22,23-15-6-2-7-16-23)24-17-8-3-9-18-24/h1-19,25,27H. The van der Waals surface area contributed by atoms with E-state index in [-0.39, 0.29) is 5.66 Å². The van der Waals surface area contributed by atoms with Gasteiger partial charge in [0.05, 0.1) is 0 Å². The van der Waals surface area contributed by atoms with Crippen molar-refractivity contribution in [3.63, 3.8) is 0 Å². The maximum atomic E-state index is 11.9. The predicted molar refractivity (Wildman–Crippen MR) is 118 cm³/mol. The average molecular weight is 368 g/mol. The van der Waals surface area contributed by atoms with E-state index in [4.69, 9.17) is 0 Å². The van der Waals surface area contributed by atoms with E-state index in [9.17, 15) is 4.79 Å². The van der Waals surface area contributed by atoms with Crippen LogP contribution in [0.1, 0.15) is 0 Å². The second-order valence-corrected chi connectivity index (χ2v) is 10.7. The van der Waals surface area contributed by atoms with Gasteiger partial charge in [-0.15, -0.1) is 0 Å². The summed E-state index contributed by atoms with van der Waals surface area (Å²) in [6.07, 6.45) is 8.08. The van der Waals surface area contributed by atoms with Gasteiger partial charge in [0.25, 0.3) is 0 Å². The molecule has 2 heteroatoms. The molecule has 132 valence electrons. The van der Waals surface area contributed by atoms with Gasteiger partial charge in [-0.25, -0.2) is 0 Å². The number of allylic oxidation sites excluding steroid dienone is 5. The third-order valence-corrected chi connectivity index (χ3v) is 10.5. The molecule has 0 N–H and O–H groups in total. The van der Waals surface area contributed by atoms with Crippen LogP contribution in [-0.4, -0.2) is 11.6 Å². The zero-order valence-corrected chi connectivity index (χ0v) is 16.0. The fourth-order valence-electron chi connectivity index (χ4n) is 4.16. The number of rotatable bonds is 4. The van der Waals surface area contributed by atoms with Crippen molar-refractivity contribution in [3.05, 3.63) is 121 Å². The van der Waals surface area contributed by atoms with E-state index in [0.717, 1.165) is 5.57 Å². The fourth-order valence-corrected chi connectivity index (χ4v) is 9.41. The van der Waals surface area contributed by atoms with Crippen LogP contribution >= 0.6 is 7.26 Å². The molecule has 0 aromatic heterocycles. The molecule has 0 spiro atoms. The van der Waals surface area contributed by atoms with Crippen molar-refractivity contribution >= 4 is 29.1 Å². The molecule has 0 fully saturated rings. The zero-order valence-electron chi connectivity index (χ0n) is 15.0. The molecule has 0 bridgehead atoms. The van der Waals surface area contributed by atoms with Gasteiger partial charge in [-0.2, -0.15) is 0 Å². The Morgan fingerprint density at radius 3 is 1.48 bits per heavy atom. The van der Waals surface area contributed by atoms with Gasteiger partial charge in [0.1, 0.15) is 0 Å². The van der Waals surface area contributed by atoms with Gasteiger partial charge in [0, 0.05) is 0 Å². The van der Waals surface area contributed by atoms with E-state index >= 15 is 0 Å². The molecule has 1 aliphatic carbocycles. The average Bonchev–Trinajstić information content (AvgIpc) is 2.77. The van der Waals surface area contributed by atoms with Crippen LogP contribution in [0.3, 0.4) is 0 Å². The third-order valence-electron chi connectivity index (χ3n) is 5.30. The topological polar surface area (TPSA) is 17.1 Å². The van der Waals surface area contributed by atoms with E-state index in [1.54, 1.807) is 0 Å².